The molecule has 1 heterocycles. The lowest BCUT2D eigenvalue weighted by atomic mass is 10.1. The van der Waals surface area contributed by atoms with Crippen molar-refractivity contribution in [1.29, 1.82) is 0 Å². The van der Waals surface area contributed by atoms with Gasteiger partial charge in [0.05, 0.1) is 0 Å². The van der Waals surface area contributed by atoms with Crippen molar-refractivity contribution in [2.45, 2.75) is 19.4 Å². The molecule has 0 saturated carbocycles. The molecule has 0 radical (unpaired) electrons. The van der Waals surface area contributed by atoms with E-state index in [2.05, 4.69) is 59.2 Å². The molecule has 0 aromatic heterocycles. The number of anilines is 1. The summed E-state index contributed by atoms with van der Waals surface area (Å²) in [5, 5.41) is 12.8. The van der Waals surface area contributed by atoms with Crippen LogP contribution in [0, 0.1) is 0 Å². The van der Waals surface area contributed by atoms with Gasteiger partial charge in [-0.3, -0.25) is 4.90 Å². The van der Waals surface area contributed by atoms with E-state index >= 15 is 0 Å². The molecule has 4 rings (SSSR count). The third-order valence-corrected chi connectivity index (χ3v) is 5.71. The molecule has 1 unspecified atom stereocenters. The van der Waals surface area contributed by atoms with E-state index in [1.807, 2.05) is 24.3 Å². The molecule has 1 fully saturated rings. The number of aliphatic hydroxyl groups is 1. The van der Waals surface area contributed by atoms with Gasteiger partial charge in [-0.05, 0) is 47.0 Å². The van der Waals surface area contributed by atoms with Gasteiger partial charge in [0.25, 0.3) is 0 Å². The van der Waals surface area contributed by atoms with Gasteiger partial charge in [-0.25, -0.2) is 0 Å². The zero-order valence-electron chi connectivity index (χ0n) is 17.1. The Balaban J connectivity index is 1.23. The first-order valence-electron chi connectivity index (χ1n) is 10.6. The number of benzene rings is 3. The third kappa shape index (κ3) is 5.08. The number of β-amino-alcohol motifs (C(OH)–C–C–N with tert-alkyl or cyclic N) is 1. The molecule has 1 saturated heterocycles. The van der Waals surface area contributed by atoms with Gasteiger partial charge in [0, 0.05) is 38.4 Å². The minimum Gasteiger partial charge on any atom is -0.491 e. The number of aliphatic hydroxyl groups excluding tert-OH is 1. The Labute approximate surface area is 173 Å². The van der Waals surface area contributed by atoms with Gasteiger partial charge in [-0.1, -0.05) is 49.4 Å². The Morgan fingerprint density at radius 1 is 0.897 bits per heavy atom. The van der Waals surface area contributed by atoms with Crippen molar-refractivity contribution in [1.82, 2.24) is 4.90 Å². The van der Waals surface area contributed by atoms with E-state index in [0.717, 1.165) is 43.7 Å². The largest absolute Gasteiger partial charge is 0.491 e. The van der Waals surface area contributed by atoms with Gasteiger partial charge in [0.2, 0.25) is 0 Å². The Bertz CT molecular complexity index is 918. The Morgan fingerprint density at radius 2 is 1.62 bits per heavy atom. The highest BCUT2D eigenvalue weighted by Crippen LogP contribution is 2.21. The third-order valence-electron chi connectivity index (χ3n) is 5.71. The summed E-state index contributed by atoms with van der Waals surface area (Å²) < 4.78 is 5.84. The van der Waals surface area contributed by atoms with Crippen molar-refractivity contribution in [2.24, 2.45) is 0 Å². The van der Waals surface area contributed by atoms with E-state index in [-0.39, 0.29) is 0 Å². The average molecular weight is 391 g/mol. The van der Waals surface area contributed by atoms with Gasteiger partial charge in [0.1, 0.15) is 18.5 Å². The molecule has 0 aliphatic carbocycles. The van der Waals surface area contributed by atoms with Crippen LogP contribution < -0.4 is 9.64 Å². The number of nitrogens with zero attached hydrogens (tertiary/aromatic N) is 2. The maximum atomic E-state index is 10.4. The number of ether oxygens (including phenoxy) is 1. The van der Waals surface area contributed by atoms with Gasteiger partial charge in [0.15, 0.2) is 0 Å². The van der Waals surface area contributed by atoms with Crippen LogP contribution in [0.3, 0.4) is 0 Å². The van der Waals surface area contributed by atoms with Crippen molar-refractivity contribution in [3.05, 3.63) is 72.3 Å². The van der Waals surface area contributed by atoms with Crippen LogP contribution in [0.4, 0.5) is 5.69 Å². The molecule has 1 N–H and O–H groups in total. The maximum absolute atomic E-state index is 10.4. The Morgan fingerprint density at radius 3 is 2.34 bits per heavy atom. The van der Waals surface area contributed by atoms with Crippen molar-refractivity contribution >= 4 is 16.5 Å². The normalized spacial score (nSPS) is 16.1. The summed E-state index contributed by atoms with van der Waals surface area (Å²) in [7, 11) is 0. The molecule has 152 valence electrons. The molecule has 0 amide bonds. The first kappa shape index (κ1) is 19.7. The first-order chi connectivity index (χ1) is 14.2. The maximum Gasteiger partial charge on any atom is 0.120 e. The molecule has 4 heteroatoms. The number of hydrogen-bond donors (Lipinski definition) is 1. The van der Waals surface area contributed by atoms with E-state index in [9.17, 15) is 5.11 Å². The predicted molar refractivity (Wildman–Crippen MR) is 120 cm³/mol. The molecular weight excluding hydrogens is 360 g/mol. The van der Waals surface area contributed by atoms with Crippen molar-refractivity contribution in [3.63, 3.8) is 0 Å². The topological polar surface area (TPSA) is 35.9 Å². The van der Waals surface area contributed by atoms with Crippen LogP contribution in [-0.2, 0) is 6.42 Å². The number of aryl methyl sites for hydroxylation is 1. The standard InChI is InChI=1S/C25H30N2O2/c1-2-20-7-10-23(11-8-20)27-15-13-26(14-16-27)18-24(28)19-29-25-12-9-21-5-3-4-6-22(21)17-25/h3-12,17,24,28H,2,13-16,18-19H2,1H3. The smallest absolute Gasteiger partial charge is 0.120 e. The highest BCUT2D eigenvalue weighted by atomic mass is 16.5. The van der Waals surface area contributed by atoms with E-state index < -0.39 is 6.10 Å². The van der Waals surface area contributed by atoms with Crippen molar-refractivity contribution in [3.8, 4) is 5.75 Å². The van der Waals surface area contributed by atoms with Crippen molar-refractivity contribution in [2.75, 3.05) is 44.2 Å². The molecule has 0 bridgehead atoms. The summed E-state index contributed by atoms with van der Waals surface area (Å²) in [6, 6.07) is 23.2. The number of rotatable bonds is 7. The molecule has 29 heavy (non-hydrogen) atoms. The highest BCUT2D eigenvalue weighted by molar-refractivity contribution is 5.83. The van der Waals surface area contributed by atoms with Crippen LogP contribution in [0.1, 0.15) is 12.5 Å². The second-order valence-electron chi connectivity index (χ2n) is 7.78. The summed E-state index contributed by atoms with van der Waals surface area (Å²) in [5.41, 5.74) is 2.67. The van der Waals surface area contributed by atoms with Gasteiger partial charge in [-0.2, -0.15) is 0 Å². The Kier molecular flexibility index (Phi) is 6.33. The monoisotopic (exact) mass is 390 g/mol. The van der Waals surface area contributed by atoms with Crippen molar-refractivity contribution < 1.29 is 9.84 Å². The lowest BCUT2D eigenvalue weighted by Crippen LogP contribution is -2.49. The van der Waals surface area contributed by atoms with E-state index in [0.29, 0.717) is 13.2 Å². The zero-order valence-corrected chi connectivity index (χ0v) is 17.1. The van der Waals surface area contributed by atoms with Crippen LogP contribution in [-0.4, -0.2) is 55.4 Å². The summed E-state index contributed by atoms with van der Waals surface area (Å²) in [6.07, 6.45) is 0.588. The molecule has 1 aliphatic heterocycles. The molecular formula is C25H30N2O2. The SMILES string of the molecule is CCc1ccc(N2CCN(CC(O)COc3ccc4ccccc4c3)CC2)cc1. The van der Waals surface area contributed by atoms with Crippen LogP contribution >= 0.6 is 0 Å². The zero-order chi connectivity index (χ0) is 20.1. The van der Waals surface area contributed by atoms with Gasteiger partial charge in [-0.15, -0.1) is 0 Å². The first-order valence-corrected chi connectivity index (χ1v) is 10.6. The minimum atomic E-state index is -0.489. The summed E-state index contributed by atoms with van der Waals surface area (Å²) in [6.45, 7) is 7.05. The summed E-state index contributed by atoms with van der Waals surface area (Å²) >= 11 is 0. The lowest BCUT2D eigenvalue weighted by molar-refractivity contribution is 0.0663. The average Bonchev–Trinajstić information content (AvgIpc) is 2.78. The number of hydrogen-bond acceptors (Lipinski definition) is 4. The highest BCUT2D eigenvalue weighted by Gasteiger charge is 2.19. The summed E-state index contributed by atoms with van der Waals surface area (Å²) in [4.78, 5) is 4.75. The van der Waals surface area contributed by atoms with Crippen LogP contribution in [0.2, 0.25) is 0 Å². The molecule has 4 nitrogen and oxygen atoms in total. The number of piperazine rings is 1. The molecule has 1 aliphatic rings. The number of fused-ring (bicyclic) bond motifs is 1. The predicted octanol–water partition coefficient (Wildman–Crippen LogP) is 3.96. The second-order valence-corrected chi connectivity index (χ2v) is 7.78. The van der Waals surface area contributed by atoms with Gasteiger partial charge >= 0.3 is 0 Å². The minimum absolute atomic E-state index is 0.317. The summed E-state index contributed by atoms with van der Waals surface area (Å²) in [5.74, 6) is 0.808. The second kappa shape index (κ2) is 9.29. The Hall–Kier alpha value is -2.56. The fraction of sp³-hybridized carbons (Fsp3) is 0.360. The van der Waals surface area contributed by atoms with E-state index in [1.165, 1.54) is 16.6 Å². The van der Waals surface area contributed by atoms with Crippen LogP contribution in [0.15, 0.2) is 66.7 Å². The van der Waals surface area contributed by atoms with Gasteiger partial charge < -0.3 is 14.7 Å². The fourth-order valence-electron chi connectivity index (χ4n) is 3.93. The lowest BCUT2D eigenvalue weighted by Gasteiger charge is -2.37. The van der Waals surface area contributed by atoms with E-state index in [4.69, 9.17) is 4.74 Å². The molecule has 3 aromatic rings. The molecule has 0 spiro atoms. The quantitative estimate of drug-likeness (QED) is 0.662. The van der Waals surface area contributed by atoms with E-state index in [1.54, 1.807) is 0 Å². The molecule has 3 aromatic carbocycles. The fourth-order valence-corrected chi connectivity index (χ4v) is 3.93. The van der Waals surface area contributed by atoms with Crippen LogP contribution in [0.25, 0.3) is 10.8 Å². The van der Waals surface area contributed by atoms with Crippen LogP contribution in [0.5, 0.6) is 5.75 Å². The molecule has 1 atom stereocenters.